The molecule has 2 aromatic carbocycles. The van der Waals surface area contributed by atoms with Crippen molar-refractivity contribution >= 4 is 37.5 Å². The van der Waals surface area contributed by atoms with Crippen LogP contribution in [0.2, 0.25) is 0 Å². The summed E-state index contributed by atoms with van der Waals surface area (Å²) in [6.07, 6.45) is 1.48. The largest absolute Gasteiger partial charge is 0.331 e. The van der Waals surface area contributed by atoms with Gasteiger partial charge in [0.15, 0.2) is 0 Å². The van der Waals surface area contributed by atoms with Crippen LogP contribution in [-0.4, -0.2) is 33.4 Å². The van der Waals surface area contributed by atoms with E-state index < -0.39 is 16.1 Å². The van der Waals surface area contributed by atoms with Gasteiger partial charge in [0.25, 0.3) is 10.0 Å². The summed E-state index contributed by atoms with van der Waals surface area (Å²) in [4.78, 5) is 18.7. The lowest BCUT2D eigenvalue weighted by molar-refractivity contribution is -0.133. The molecule has 3 heterocycles. The van der Waals surface area contributed by atoms with Crippen LogP contribution in [0.15, 0.2) is 65.1 Å². The molecule has 1 amide bonds. The Bertz CT molecular complexity index is 1340. The van der Waals surface area contributed by atoms with Crippen LogP contribution >= 0.6 is 11.3 Å². The quantitative estimate of drug-likeness (QED) is 0.522. The van der Waals surface area contributed by atoms with Crippen LogP contribution in [0.25, 0.3) is 10.2 Å². The minimum absolute atomic E-state index is 0.152. The average Bonchev–Trinajstić information content (AvgIpc) is 3.47. The number of nitrogens with zero attached hydrogens (tertiary/aromatic N) is 4. The van der Waals surface area contributed by atoms with Crippen molar-refractivity contribution in [1.29, 1.82) is 0 Å². The molecule has 0 bridgehead atoms. The van der Waals surface area contributed by atoms with Crippen molar-refractivity contribution in [3.63, 3.8) is 0 Å². The van der Waals surface area contributed by atoms with Gasteiger partial charge in [0.05, 0.1) is 32.9 Å². The van der Waals surface area contributed by atoms with Gasteiger partial charge in [0.1, 0.15) is 6.04 Å². The Hall–Kier alpha value is -3.08. The summed E-state index contributed by atoms with van der Waals surface area (Å²) in [7, 11) is -3.83. The van der Waals surface area contributed by atoms with Crippen molar-refractivity contribution in [1.82, 2.24) is 19.1 Å². The van der Waals surface area contributed by atoms with E-state index in [4.69, 9.17) is 5.73 Å². The number of aromatic nitrogens is 3. The van der Waals surface area contributed by atoms with Gasteiger partial charge in [-0.3, -0.25) is 4.79 Å². The average molecular weight is 440 g/mol. The standard InChI is InChI=1S/C20H17N5O3S2/c21-19(13-4-2-1-3-5-13)20(26)24-9-14-10-25(23-17(14)11-24)30(27,28)15-6-7-16-18(8-15)29-12-22-16/h1-8,10,12,19H,9,11,21H2/t19-/m1/s1. The minimum Gasteiger partial charge on any atom is -0.331 e. The number of fused-ring (bicyclic) bond motifs is 2. The molecular formula is C20H17N5O3S2. The van der Waals surface area contributed by atoms with Crippen molar-refractivity contribution < 1.29 is 13.2 Å². The fourth-order valence-corrected chi connectivity index (χ4v) is 5.50. The lowest BCUT2D eigenvalue weighted by atomic mass is 10.1. The van der Waals surface area contributed by atoms with E-state index in [1.165, 1.54) is 23.6 Å². The fourth-order valence-electron chi connectivity index (χ4n) is 3.51. The Balaban J connectivity index is 1.37. The summed E-state index contributed by atoms with van der Waals surface area (Å²) in [5.74, 6) is -0.218. The maximum absolute atomic E-state index is 13.0. The number of hydrogen-bond acceptors (Lipinski definition) is 7. The summed E-state index contributed by atoms with van der Waals surface area (Å²) in [5, 5.41) is 4.25. The van der Waals surface area contributed by atoms with Gasteiger partial charge in [0.2, 0.25) is 5.91 Å². The first-order valence-electron chi connectivity index (χ1n) is 9.19. The molecule has 2 N–H and O–H groups in total. The zero-order valence-electron chi connectivity index (χ0n) is 15.7. The molecule has 8 nitrogen and oxygen atoms in total. The predicted molar refractivity (Wildman–Crippen MR) is 112 cm³/mol. The molecule has 4 aromatic rings. The van der Waals surface area contributed by atoms with Gasteiger partial charge >= 0.3 is 0 Å². The first-order valence-corrected chi connectivity index (χ1v) is 11.5. The lowest BCUT2D eigenvalue weighted by Crippen LogP contribution is -2.35. The van der Waals surface area contributed by atoms with Gasteiger partial charge in [0, 0.05) is 18.3 Å². The molecule has 0 saturated heterocycles. The van der Waals surface area contributed by atoms with Crippen molar-refractivity contribution in [2.24, 2.45) is 5.73 Å². The number of amides is 1. The number of rotatable bonds is 4. The molecule has 1 atom stereocenters. The molecule has 0 radical (unpaired) electrons. The zero-order valence-corrected chi connectivity index (χ0v) is 17.3. The van der Waals surface area contributed by atoms with E-state index in [0.717, 1.165) is 19.9 Å². The Morgan fingerprint density at radius 3 is 2.70 bits per heavy atom. The maximum atomic E-state index is 13.0. The predicted octanol–water partition coefficient (Wildman–Crippen LogP) is 2.27. The highest BCUT2D eigenvalue weighted by molar-refractivity contribution is 7.89. The van der Waals surface area contributed by atoms with E-state index in [-0.39, 0.29) is 23.9 Å². The van der Waals surface area contributed by atoms with Crippen molar-refractivity contribution in [3.8, 4) is 0 Å². The van der Waals surface area contributed by atoms with Crippen LogP contribution < -0.4 is 5.73 Å². The van der Waals surface area contributed by atoms with Gasteiger partial charge in [-0.05, 0) is 23.8 Å². The molecule has 30 heavy (non-hydrogen) atoms. The first-order chi connectivity index (χ1) is 14.4. The van der Waals surface area contributed by atoms with Gasteiger partial charge in [-0.15, -0.1) is 11.3 Å². The van der Waals surface area contributed by atoms with E-state index in [1.54, 1.807) is 22.5 Å². The van der Waals surface area contributed by atoms with Crippen molar-refractivity contribution in [2.75, 3.05) is 0 Å². The van der Waals surface area contributed by atoms with Crippen LogP contribution in [0, 0.1) is 0 Å². The highest BCUT2D eigenvalue weighted by Crippen LogP contribution is 2.27. The number of carbonyl (C=O) groups excluding carboxylic acids is 1. The molecule has 5 rings (SSSR count). The topological polar surface area (TPSA) is 111 Å². The second-order valence-electron chi connectivity index (χ2n) is 7.04. The van der Waals surface area contributed by atoms with Crippen LogP contribution in [-0.2, 0) is 27.9 Å². The van der Waals surface area contributed by atoms with Crippen LogP contribution in [0.3, 0.4) is 0 Å². The van der Waals surface area contributed by atoms with Gasteiger partial charge < -0.3 is 10.6 Å². The Morgan fingerprint density at radius 2 is 1.93 bits per heavy atom. The number of nitrogens with two attached hydrogens (primary N) is 1. The van der Waals surface area contributed by atoms with Gasteiger partial charge in [-0.2, -0.15) is 17.6 Å². The highest BCUT2D eigenvalue weighted by Gasteiger charge is 2.32. The third-order valence-corrected chi connectivity index (χ3v) is 7.46. The molecule has 2 aromatic heterocycles. The molecule has 10 heteroatoms. The molecule has 1 aliphatic heterocycles. The number of carbonyl (C=O) groups is 1. The van der Waals surface area contributed by atoms with Gasteiger partial charge in [-0.1, -0.05) is 30.3 Å². The smallest absolute Gasteiger partial charge is 0.283 e. The Morgan fingerprint density at radius 1 is 1.13 bits per heavy atom. The van der Waals surface area contributed by atoms with E-state index in [1.807, 2.05) is 30.3 Å². The summed E-state index contributed by atoms with van der Waals surface area (Å²) in [6, 6.07) is 13.2. The summed E-state index contributed by atoms with van der Waals surface area (Å²) in [5.41, 5.74) is 10.5. The molecule has 0 fully saturated rings. The minimum atomic E-state index is -3.83. The van der Waals surface area contributed by atoms with E-state index in [9.17, 15) is 13.2 Å². The van der Waals surface area contributed by atoms with Crippen molar-refractivity contribution in [2.45, 2.75) is 24.0 Å². The molecular weight excluding hydrogens is 422 g/mol. The normalized spacial score (nSPS) is 14.8. The molecule has 0 spiro atoms. The van der Waals surface area contributed by atoms with Crippen molar-refractivity contribution in [3.05, 3.63) is 77.1 Å². The van der Waals surface area contributed by atoms with E-state index in [2.05, 4.69) is 10.1 Å². The second-order valence-corrected chi connectivity index (χ2v) is 9.73. The summed E-state index contributed by atoms with van der Waals surface area (Å²) < 4.78 is 27.8. The van der Waals surface area contributed by atoms with E-state index >= 15 is 0 Å². The lowest BCUT2D eigenvalue weighted by Gasteiger charge is -2.20. The Kier molecular flexibility index (Phi) is 4.42. The SMILES string of the molecule is N[C@@H](C(=O)N1Cc2cn(S(=O)(=O)c3ccc4ncsc4c3)nc2C1)c1ccccc1. The third kappa shape index (κ3) is 3.09. The third-order valence-electron chi connectivity index (χ3n) is 5.14. The highest BCUT2D eigenvalue weighted by atomic mass is 32.2. The maximum Gasteiger partial charge on any atom is 0.283 e. The van der Waals surface area contributed by atoms with Crippen LogP contribution in [0.4, 0.5) is 0 Å². The molecule has 1 aliphatic rings. The van der Waals surface area contributed by atoms with Gasteiger partial charge in [-0.25, -0.2) is 4.98 Å². The number of hydrogen-bond donors (Lipinski definition) is 1. The second kappa shape index (κ2) is 7.01. The fraction of sp³-hybridized carbons (Fsp3) is 0.150. The van der Waals surface area contributed by atoms with Crippen LogP contribution in [0.1, 0.15) is 22.9 Å². The Labute approximate surface area is 176 Å². The molecule has 0 aliphatic carbocycles. The zero-order chi connectivity index (χ0) is 20.9. The van der Waals surface area contributed by atoms with Crippen LogP contribution in [0.5, 0.6) is 0 Å². The molecule has 0 saturated carbocycles. The monoisotopic (exact) mass is 439 g/mol. The van der Waals surface area contributed by atoms with E-state index in [0.29, 0.717) is 11.3 Å². The summed E-state index contributed by atoms with van der Waals surface area (Å²) in [6.45, 7) is 0.503. The summed E-state index contributed by atoms with van der Waals surface area (Å²) >= 11 is 1.38. The number of thiazole rings is 1. The number of benzene rings is 2. The first kappa shape index (κ1) is 18.9. The molecule has 152 valence electrons. The molecule has 0 unspecified atom stereocenters.